The van der Waals surface area contributed by atoms with E-state index in [-0.39, 0.29) is 23.6 Å². The third kappa shape index (κ3) is 6.81. The lowest BCUT2D eigenvalue weighted by Crippen LogP contribution is -2.57. The van der Waals surface area contributed by atoms with Crippen molar-refractivity contribution < 1.29 is 19.5 Å². The Balaban J connectivity index is 2.03. The van der Waals surface area contributed by atoms with Crippen molar-refractivity contribution in [1.29, 1.82) is 0 Å². The van der Waals surface area contributed by atoms with Gasteiger partial charge in [0.1, 0.15) is 18.1 Å². The molecule has 2 unspecified atom stereocenters. The highest BCUT2D eigenvalue weighted by Gasteiger charge is 2.34. The average Bonchev–Trinajstić information content (AvgIpc) is 2.93. The number of rotatable bonds is 12. The van der Waals surface area contributed by atoms with Crippen LogP contribution in [0.25, 0.3) is 10.9 Å². The van der Waals surface area contributed by atoms with E-state index >= 15 is 0 Å². The van der Waals surface area contributed by atoms with Crippen molar-refractivity contribution in [2.75, 3.05) is 0 Å². The molecule has 39 heavy (non-hydrogen) atoms. The number of aliphatic carboxylic acids is 1. The topological polar surface area (TPSA) is 150 Å². The number of carbonyl (C=O) groups excluding carboxylic acids is 2. The second kappa shape index (κ2) is 13.0. The van der Waals surface area contributed by atoms with Gasteiger partial charge in [-0.3, -0.25) is 14.4 Å². The second-order valence-corrected chi connectivity index (χ2v) is 9.94. The summed E-state index contributed by atoms with van der Waals surface area (Å²) in [4.78, 5) is 68.2. The molecule has 3 rings (SSSR count). The number of carboxylic acid groups (broad SMARTS) is 1. The van der Waals surface area contributed by atoms with Crippen LogP contribution in [0.5, 0.6) is 0 Å². The van der Waals surface area contributed by atoms with E-state index in [0.29, 0.717) is 23.9 Å². The molecule has 0 bridgehead atoms. The van der Waals surface area contributed by atoms with Gasteiger partial charge in [0.15, 0.2) is 0 Å². The highest BCUT2D eigenvalue weighted by atomic mass is 16.4. The van der Waals surface area contributed by atoms with E-state index in [1.165, 1.54) is 0 Å². The summed E-state index contributed by atoms with van der Waals surface area (Å²) in [6, 6.07) is 12.0. The first-order valence-corrected chi connectivity index (χ1v) is 13.2. The number of aromatic amines is 1. The van der Waals surface area contributed by atoms with Gasteiger partial charge in [-0.05, 0) is 29.5 Å². The third-order valence-corrected chi connectivity index (χ3v) is 7.29. The first kappa shape index (κ1) is 29.3. The van der Waals surface area contributed by atoms with E-state index in [1.807, 2.05) is 19.9 Å². The number of carboxylic acids is 1. The van der Waals surface area contributed by atoms with E-state index in [9.17, 15) is 29.1 Å². The number of aromatic nitrogens is 2. The summed E-state index contributed by atoms with van der Waals surface area (Å²) in [6.07, 6.45) is 1.07. The van der Waals surface area contributed by atoms with Crippen molar-refractivity contribution in [2.24, 2.45) is 11.8 Å². The Morgan fingerprint density at radius 2 is 1.41 bits per heavy atom. The molecule has 0 spiro atoms. The average molecular weight is 537 g/mol. The summed E-state index contributed by atoms with van der Waals surface area (Å²) in [7, 11) is 0. The van der Waals surface area contributed by atoms with Crippen LogP contribution in [0.2, 0.25) is 0 Å². The molecule has 0 aliphatic carbocycles. The minimum absolute atomic E-state index is 0.0213. The number of nitrogens with zero attached hydrogens (tertiary/aromatic N) is 1. The van der Waals surface area contributed by atoms with Crippen LogP contribution >= 0.6 is 0 Å². The Kier molecular flexibility index (Phi) is 9.81. The Labute approximate surface area is 226 Å². The number of nitrogens with one attached hydrogen (secondary N) is 3. The number of hydrogen-bond donors (Lipinski definition) is 4. The van der Waals surface area contributed by atoms with Crippen molar-refractivity contribution in [3.8, 4) is 0 Å². The Morgan fingerprint density at radius 3 is 2.03 bits per heavy atom. The number of benzene rings is 2. The molecule has 0 radical (unpaired) electrons. The molecular formula is C29H36N4O6. The van der Waals surface area contributed by atoms with Crippen LogP contribution in [0.15, 0.2) is 64.2 Å². The van der Waals surface area contributed by atoms with E-state index in [4.69, 9.17) is 0 Å². The molecule has 4 N–H and O–H groups in total. The molecule has 2 amide bonds. The monoisotopic (exact) mass is 536 g/mol. The summed E-state index contributed by atoms with van der Waals surface area (Å²) >= 11 is 0. The number of H-pyrrole nitrogens is 1. The number of amides is 2. The number of carbonyl (C=O) groups is 3. The quantitative estimate of drug-likeness (QED) is 0.279. The molecule has 0 fully saturated rings. The molecule has 1 heterocycles. The lowest BCUT2D eigenvalue weighted by atomic mass is 9.95. The first-order chi connectivity index (χ1) is 18.6. The largest absolute Gasteiger partial charge is 0.480 e. The zero-order chi connectivity index (χ0) is 28.7. The van der Waals surface area contributed by atoms with Crippen LogP contribution in [0.4, 0.5) is 0 Å². The minimum Gasteiger partial charge on any atom is -0.480 e. The van der Waals surface area contributed by atoms with Crippen LogP contribution in [0.3, 0.4) is 0 Å². The summed E-state index contributed by atoms with van der Waals surface area (Å²) in [5.41, 5.74) is -0.312. The highest BCUT2D eigenvalue weighted by molar-refractivity contribution is 5.92. The van der Waals surface area contributed by atoms with Crippen LogP contribution in [-0.4, -0.2) is 44.5 Å². The minimum atomic E-state index is -1.27. The molecule has 0 saturated carbocycles. The van der Waals surface area contributed by atoms with Crippen LogP contribution in [0, 0.1) is 11.8 Å². The van der Waals surface area contributed by atoms with Gasteiger partial charge in [-0.25, -0.2) is 14.2 Å². The van der Waals surface area contributed by atoms with Gasteiger partial charge in [0.2, 0.25) is 11.8 Å². The van der Waals surface area contributed by atoms with Gasteiger partial charge in [0, 0.05) is 6.42 Å². The SMILES string of the molecule is CCC(C)[C@H](NC(=O)[C@@H](NC(=O)[C@@H](Cc1ccccc1)n1c(=O)[nH]c2ccccc2c1=O)C(C)CC)C(=O)O. The summed E-state index contributed by atoms with van der Waals surface area (Å²) in [5.74, 6) is -3.19. The van der Waals surface area contributed by atoms with Crippen molar-refractivity contribution in [2.45, 2.75) is 65.1 Å². The molecule has 5 atom stereocenters. The van der Waals surface area contributed by atoms with Crippen LogP contribution in [0.1, 0.15) is 52.1 Å². The molecule has 208 valence electrons. The van der Waals surface area contributed by atoms with Gasteiger partial charge in [-0.15, -0.1) is 0 Å². The second-order valence-electron chi connectivity index (χ2n) is 9.94. The third-order valence-electron chi connectivity index (χ3n) is 7.29. The maximum absolute atomic E-state index is 13.8. The highest BCUT2D eigenvalue weighted by Crippen LogP contribution is 2.17. The van der Waals surface area contributed by atoms with Crippen molar-refractivity contribution >= 4 is 28.7 Å². The van der Waals surface area contributed by atoms with E-state index in [0.717, 1.165) is 4.57 Å². The lowest BCUT2D eigenvalue weighted by molar-refractivity contribution is -0.144. The zero-order valence-electron chi connectivity index (χ0n) is 22.6. The van der Waals surface area contributed by atoms with Crippen molar-refractivity contribution in [3.63, 3.8) is 0 Å². The van der Waals surface area contributed by atoms with Gasteiger partial charge in [0.05, 0.1) is 10.9 Å². The molecule has 1 aromatic heterocycles. The first-order valence-electron chi connectivity index (χ1n) is 13.2. The fourth-order valence-electron chi connectivity index (χ4n) is 4.48. The number of fused-ring (bicyclic) bond motifs is 1. The van der Waals surface area contributed by atoms with Crippen molar-refractivity contribution in [3.05, 3.63) is 81.0 Å². The predicted molar refractivity (Wildman–Crippen MR) is 148 cm³/mol. The maximum Gasteiger partial charge on any atom is 0.329 e. The Hall–Kier alpha value is -4.21. The van der Waals surface area contributed by atoms with Gasteiger partial charge in [0.25, 0.3) is 5.56 Å². The number of para-hydroxylation sites is 1. The maximum atomic E-state index is 13.8. The van der Waals surface area contributed by atoms with Crippen LogP contribution < -0.4 is 21.9 Å². The molecule has 10 nitrogen and oxygen atoms in total. The smallest absolute Gasteiger partial charge is 0.329 e. The normalized spacial score (nSPS) is 15.1. The van der Waals surface area contributed by atoms with Gasteiger partial charge in [-0.2, -0.15) is 0 Å². The molecule has 2 aromatic carbocycles. The molecule has 3 aromatic rings. The van der Waals surface area contributed by atoms with Crippen molar-refractivity contribution in [1.82, 2.24) is 20.2 Å². The predicted octanol–water partition coefficient (Wildman–Crippen LogP) is 2.62. The molecule has 10 heteroatoms. The fraction of sp³-hybridized carbons (Fsp3) is 0.414. The standard InChI is InChI=1S/C29H36N4O6/c1-5-17(3)23(26(35)32-24(28(37)38)18(4)6-2)31-25(34)22(16-19-12-8-7-9-13-19)33-27(36)20-14-10-11-15-21(20)30-29(33)39/h7-15,17-18,22-24H,5-6,16H2,1-4H3,(H,30,39)(H,31,34)(H,32,35)(H,37,38)/t17?,18?,22-,23+,24+/m1/s1. The molecular weight excluding hydrogens is 500 g/mol. The zero-order valence-corrected chi connectivity index (χ0v) is 22.6. The summed E-state index contributed by atoms with van der Waals surface area (Å²) in [5, 5.41) is 15.2. The van der Waals surface area contributed by atoms with Gasteiger partial charge in [-0.1, -0.05) is 83.0 Å². The van der Waals surface area contributed by atoms with E-state index in [2.05, 4.69) is 15.6 Å². The van der Waals surface area contributed by atoms with E-state index < -0.39 is 47.2 Å². The Morgan fingerprint density at radius 1 is 0.846 bits per heavy atom. The van der Waals surface area contributed by atoms with E-state index in [1.54, 1.807) is 62.4 Å². The van der Waals surface area contributed by atoms with Gasteiger partial charge >= 0.3 is 11.7 Å². The summed E-state index contributed by atoms with van der Waals surface area (Å²) < 4.78 is 0.884. The molecule has 0 saturated heterocycles. The number of hydrogen-bond acceptors (Lipinski definition) is 5. The molecule has 0 aliphatic rings. The Bertz CT molecular complexity index is 1430. The molecule has 0 aliphatic heterocycles. The van der Waals surface area contributed by atoms with Crippen LogP contribution in [-0.2, 0) is 20.8 Å². The van der Waals surface area contributed by atoms with Gasteiger partial charge < -0.3 is 20.7 Å². The summed E-state index contributed by atoms with van der Waals surface area (Å²) in [6.45, 7) is 7.17. The lowest BCUT2D eigenvalue weighted by Gasteiger charge is -2.29. The fourth-order valence-corrected chi connectivity index (χ4v) is 4.48.